The number of carbonyl (C=O) groups is 1. The fraction of sp³-hybridized carbons (Fsp3) is 0.235. The van der Waals surface area contributed by atoms with Gasteiger partial charge in [-0.05, 0) is 36.8 Å². The first-order valence-corrected chi connectivity index (χ1v) is 9.78. The predicted molar refractivity (Wildman–Crippen MR) is 102 cm³/mol. The van der Waals surface area contributed by atoms with Gasteiger partial charge in [0.25, 0.3) is 0 Å². The van der Waals surface area contributed by atoms with Gasteiger partial charge in [0.05, 0.1) is 23.9 Å². The fourth-order valence-corrected chi connectivity index (χ4v) is 3.35. The van der Waals surface area contributed by atoms with Crippen LogP contribution < -0.4 is 15.4 Å². The average Bonchev–Trinajstić information content (AvgIpc) is 2.58. The topological polar surface area (TPSA) is 67.4 Å². The number of halogens is 3. The molecule has 0 fully saturated rings. The van der Waals surface area contributed by atoms with E-state index in [2.05, 4.69) is 10.6 Å². The number of hydrogen-bond acceptors (Lipinski definition) is 3. The standard InChI is InChI=1S/C17H17Cl2FN2O3S/c1-9(11-5-7-14(25-2)16(19)15(11)18)21-17(23)22-13-6-4-10(26(3)24)8-12(13)20/h4-9H,1-3H3,(H2,21,22,23)/t9-,26?/m1/s1. The van der Waals surface area contributed by atoms with E-state index in [1.807, 2.05) is 0 Å². The minimum absolute atomic E-state index is 0.0252. The van der Waals surface area contributed by atoms with Gasteiger partial charge in [-0.15, -0.1) is 0 Å². The van der Waals surface area contributed by atoms with Gasteiger partial charge in [0.1, 0.15) is 16.6 Å². The highest BCUT2D eigenvalue weighted by Gasteiger charge is 2.18. The van der Waals surface area contributed by atoms with Crippen LogP contribution in [0, 0.1) is 5.82 Å². The quantitative estimate of drug-likeness (QED) is 0.734. The Morgan fingerprint density at radius 2 is 1.92 bits per heavy atom. The summed E-state index contributed by atoms with van der Waals surface area (Å²) in [6.45, 7) is 1.71. The van der Waals surface area contributed by atoms with E-state index in [1.54, 1.807) is 19.1 Å². The molecule has 9 heteroatoms. The zero-order valence-corrected chi connectivity index (χ0v) is 16.6. The molecule has 0 aliphatic carbocycles. The molecule has 2 atom stereocenters. The van der Waals surface area contributed by atoms with E-state index in [4.69, 9.17) is 27.9 Å². The normalized spacial score (nSPS) is 13.0. The van der Waals surface area contributed by atoms with E-state index in [9.17, 15) is 13.4 Å². The largest absolute Gasteiger partial charge is 0.495 e. The van der Waals surface area contributed by atoms with Gasteiger partial charge in [-0.3, -0.25) is 4.21 Å². The summed E-state index contributed by atoms with van der Waals surface area (Å²) < 4.78 is 30.4. The molecule has 2 amide bonds. The molecule has 0 bridgehead atoms. The summed E-state index contributed by atoms with van der Waals surface area (Å²) in [7, 11) is 0.165. The van der Waals surface area contributed by atoms with Crippen LogP contribution in [0.3, 0.4) is 0 Å². The van der Waals surface area contributed by atoms with Gasteiger partial charge in [-0.1, -0.05) is 29.3 Å². The van der Waals surface area contributed by atoms with Gasteiger partial charge in [-0.25, -0.2) is 9.18 Å². The lowest BCUT2D eigenvalue weighted by molar-refractivity contribution is 0.249. The Morgan fingerprint density at radius 3 is 2.50 bits per heavy atom. The number of amides is 2. The molecule has 2 aromatic rings. The molecule has 0 radical (unpaired) electrons. The number of carbonyl (C=O) groups excluding carboxylic acids is 1. The van der Waals surface area contributed by atoms with Crippen molar-refractivity contribution in [3.8, 4) is 5.75 Å². The Bertz CT molecular complexity index is 864. The number of benzene rings is 2. The van der Waals surface area contributed by atoms with Crippen LogP contribution >= 0.6 is 23.2 Å². The first kappa shape index (κ1) is 20.5. The maximum atomic E-state index is 14.0. The van der Waals surface area contributed by atoms with Crippen molar-refractivity contribution in [1.29, 1.82) is 0 Å². The third-order valence-corrected chi connectivity index (χ3v) is 5.43. The lowest BCUT2D eigenvalue weighted by Gasteiger charge is -2.18. The van der Waals surface area contributed by atoms with Crippen LogP contribution in [0.2, 0.25) is 10.0 Å². The van der Waals surface area contributed by atoms with Crippen molar-refractivity contribution in [2.24, 2.45) is 0 Å². The van der Waals surface area contributed by atoms with Crippen LogP contribution in [-0.2, 0) is 10.8 Å². The molecule has 5 nitrogen and oxygen atoms in total. The van der Waals surface area contributed by atoms with Crippen molar-refractivity contribution in [1.82, 2.24) is 5.32 Å². The number of urea groups is 1. The second kappa shape index (κ2) is 8.70. The molecule has 2 N–H and O–H groups in total. The molecule has 0 aliphatic heterocycles. The molecule has 0 saturated carbocycles. The third-order valence-electron chi connectivity index (χ3n) is 3.63. The number of hydrogen-bond donors (Lipinski definition) is 2. The van der Waals surface area contributed by atoms with Crippen LogP contribution in [0.1, 0.15) is 18.5 Å². The molecule has 0 heterocycles. The molecular weight excluding hydrogens is 402 g/mol. The molecule has 1 unspecified atom stereocenters. The van der Waals surface area contributed by atoms with E-state index in [1.165, 1.54) is 25.5 Å². The van der Waals surface area contributed by atoms with Crippen molar-refractivity contribution in [2.75, 3.05) is 18.7 Å². The lowest BCUT2D eigenvalue weighted by Crippen LogP contribution is -2.31. The van der Waals surface area contributed by atoms with E-state index in [0.29, 0.717) is 16.2 Å². The molecule has 26 heavy (non-hydrogen) atoms. The summed E-state index contributed by atoms with van der Waals surface area (Å²) in [4.78, 5) is 12.5. The van der Waals surface area contributed by atoms with Gasteiger partial charge < -0.3 is 15.4 Å². The Balaban J connectivity index is 2.11. The van der Waals surface area contributed by atoms with Gasteiger partial charge >= 0.3 is 6.03 Å². The van der Waals surface area contributed by atoms with E-state index < -0.39 is 28.7 Å². The van der Waals surface area contributed by atoms with E-state index in [-0.39, 0.29) is 15.7 Å². The number of anilines is 1. The summed E-state index contributed by atoms with van der Waals surface area (Å²) in [6.07, 6.45) is 1.44. The summed E-state index contributed by atoms with van der Waals surface area (Å²) >= 11 is 12.3. The number of methoxy groups -OCH3 is 1. The highest BCUT2D eigenvalue weighted by Crippen LogP contribution is 2.37. The zero-order chi connectivity index (χ0) is 19.4. The molecule has 0 aliphatic rings. The fourth-order valence-electron chi connectivity index (χ4n) is 2.25. The zero-order valence-electron chi connectivity index (χ0n) is 14.2. The molecule has 0 spiro atoms. The van der Waals surface area contributed by atoms with Crippen molar-refractivity contribution in [2.45, 2.75) is 17.9 Å². The predicted octanol–water partition coefficient (Wildman–Crippen LogP) is 4.76. The summed E-state index contributed by atoms with van der Waals surface area (Å²) in [5.74, 6) is -0.251. The van der Waals surface area contributed by atoms with E-state index in [0.717, 1.165) is 6.07 Å². The smallest absolute Gasteiger partial charge is 0.319 e. The Labute approximate surface area is 163 Å². The van der Waals surface area contributed by atoms with Crippen molar-refractivity contribution >= 4 is 45.7 Å². The van der Waals surface area contributed by atoms with Crippen LogP contribution in [0.25, 0.3) is 0 Å². The highest BCUT2D eigenvalue weighted by atomic mass is 35.5. The van der Waals surface area contributed by atoms with Crippen molar-refractivity contribution in [3.63, 3.8) is 0 Å². The molecular formula is C17H17Cl2FN2O3S. The van der Waals surface area contributed by atoms with Crippen molar-refractivity contribution in [3.05, 3.63) is 51.8 Å². The van der Waals surface area contributed by atoms with Gasteiger partial charge in [0, 0.05) is 22.0 Å². The lowest BCUT2D eigenvalue weighted by atomic mass is 10.1. The average molecular weight is 419 g/mol. The molecule has 0 saturated heterocycles. The minimum atomic E-state index is -1.31. The first-order valence-electron chi connectivity index (χ1n) is 7.47. The van der Waals surface area contributed by atoms with Gasteiger partial charge in [0.15, 0.2) is 0 Å². The summed E-state index contributed by atoms with van der Waals surface area (Å²) in [5, 5.41) is 5.57. The number of ether oxygens (including phenoxy) is 1. The third kappa shape index (κ3) is 4.66. The Kier molecular flexibility index (Phi) is 6.86. The SMILES string of the molecule is COc1ccc([C@@H](C)NC(=O)Nc2ccc(S(C)=O)cc2F)c(Cl)c1Cl. The van der Waals surface area contributed by atoms with Gasteiger partial charge in [-0.2, -0.15) is 0 Å². The maximum Gasteiger partial charge on any atom is 0.319 e. The highest BCUT2D eigenvalue weighted by molar-refractivity contribution is 7.84. The monoisotopic (exact) mass is 418 g/mol. The summed E-state index contributed by atoms with van der Waals surface area (Å²) in [5.41, 5.74) is 0.563. The molecule has 2 rings (SSSR count). The Hall–Kier alpha value is -1.83. The number of rotatable bonds is 5. The second-order valence-electron chi connectivity index (χ2n) is 5.40. The molecule has 0 aromatic heterocycles. The molecule has 2 aromatic carbocycles. The summed E-state index contributed by atoms with van der Waals surface area (Å²) in [6, 6.07) is 6.18. The maximum absolute atomic E-state index is 14.0. The van der Waals surface area contributed by atoms with Gasteiger partial charge in [0.2, 0.25) is 0 Å². The second-order valence-corrected chi connectivity index (χ2v) is 7.54. The van der Waals surface area contributed by atoms with Crippen molar-refractivity contribution < 1.29 is 18.1 Å². The van der Waals surface area contributed by atoms with E-state index >= 15 is 0 Å². The van der Waals surface area contributed by atoms with Crippen LogP contribution in [0.5, 0.6) is 5.75 Å². The first-order chi connectivity index (χ1) is 12.2. The number of nitrogens with one attached hydrogen (secondary N) is 2. The minimum Gasteiger partial charge on any atom is -0.495 e. The van der Waals surface area contributed by atoms with Crippen LogP contribution in [-0.4, -0.2) is 23.6 Å². The molecule has 140 valence electrons. The Morgan fingerprint density at radius 1 is 1.23 bits per heavy atom. The van der Waals surface area contributed by atoms with Crippen LogP contribution in [0.4, 0.5) is 14.9 Å². The van der Waals surface area contributed by atoms with Crippen LogP contribution in [0.15, 0.2) is 35.2 Å².